The van der Waals surface area contributed by atoms with Crippen LogP contribution in [-0.2, 0) is 4.74 Å². The van der Waals surface area contributed by atoms with Gasteiger partial charge in [-0.3, -0.25) is 14.8 Å². The standard InChI is InChI=1S/C19H39N5O.HI/c1-5-20-19(22-18-15-24(16(2)3)14-17(18)4)21-8-6-7-9-23-10-12-25-13-11-23;/h16-18H,5-15H2,1-4H3,(H2,20,21,22);1H. The molecule has 2 aliphatic rings. The second kappa shape index (κ2) is 13.1. The first kappa shape index (κ1) is 23.9. The van der Waals surface area contributed by atoms with Gasteiger partial charge in [-0.05, 0) is 46.1 Å². The second-order valence-corrected chi connectivity index (χ2v) is 7.70. The van der Waals surface area contributed by atoms with Crippen LogP contribution in [-0.4, -0.2) is 86.9 Å². The van der Waals surface area contributed by atoms with E-state index in [1.807, 2.05) is 0 Å². The fourth-order valence-corrected chi connectivity index (χ4v) is 3.57. The number of guanidine groups is 1. The molecule has 2 atom stereocenters. The van der Waals surface area contributed by atoms with E-state index >= 15 is 0 Å². The van der Waals surface area contributed by atoms with Crippen LogP contribution in [0.3, 0.4) is 0 Å². The van der Waals surface area contributed by atoms with E-state index in [-0.39, 0.29) is 24.0 Å². The maximum Gasteiger partial charge on any atom is 0.191 e. The van der Waals surface area contributed by atoms with E-state index < -0.39 is 0 Å². The van der Waals surface area contributed by atoms with Crippen molar-refractivity contribution in [1.29, 1.82) is 0 Å². The lowest BCUT2D eigenvalue weighted by atomic mass is 10.1. The number of hydrogen-bond acceptors (Lipinski definition) is 4. The monoisotopic (exact) mass is 481 g/mol. The molecule has 2 saturated heterocycles. The highest BCUT2D eigenvalue weighted by molar-refractivity contribution is 14.0. The van der Waals surface area contributed by atoms with E-state index in [0.29, 0.717) is 18.0 Å². The zero-order chi connectivity index (χ0) is 18.1. The van der Waals surface area contributed by atoms with Gasteiger partial charge >= 0.3 is 0 Å². The minimum absolute atomic E-state index is 0. The first-order valence-corrected chi connectivity index (χ1v) is 10.2. The molecule has 0 amide bonds. The van der Waals surface area contributed by atoms with Gasteiger partial charge in [-0.2, -0.15) is 0 Å². The molecule has 0 aliphatic carbocycles. The summed E-state index contributed by atoms with van der Waals surface area (Å²) in [6, 6.07) is 1.11. The summed E-state index contributed by atoms with van der Waals surface area (Å²) in [7, 11) is 0. The SMILES string of the molecule is CCNC(=NCCCCN1CCOCC1)NC1CN(C(C)C)CC1C.I. The molecule has 2 rings (SSSR count). The van der Waals surface area contributed by atoms with E-state index in [2.05, 4.69) is 48.1 Å². The highest BCUT2D eigenvalue weighted by atomic mass is 127. The number of nitrogens with one attached hydrogen (secondary N) is 2. The molecule has 2 aliphatic heterocycles. The first-order valence-electron chi connectivity index (χ1n) is 10.2. The summed E-state index contributed by atoms with van der Waals surface area (Å²) < 4.78 is 5.40. The molecule has 26 heavy (non-hydrogen) atoms. The van der Waals surface area contributed by atoms with Gasteiger partial charge in [0, 0.05) is 51.4 Å². The molecule has 0 bridgehead atoms. The van der Waals surface area contributed by atoms with E-state index in [9.17, 15) is 0 Å². The van der Waals surface area contributed by atoms with Crippen LogP contribution in [0.2, 0.25) is 0 Å². The van der Waals surface area contributed by atoms with Crippen molar-refractivity contribution in [1.82, 2.24) is 20.4 Å². The summed E-state index contributed by atoms with van der Waals surface area (Å²) in [5.74, 6) is 1.64. The molecule has 154 valence electrons. The van der Waals surface area contributed by atoms with Crippen molar-refractivity contribution in [3.8, 4) is 0 Å². The number of nitrogens with zero attached hydrogens (tertiary/aromatic N) is 3. The number of rotatable bonds is 8. The minimum atomic E-state index is 0. The van der Waals surface area contributed by atoms with Gasteiger partial charge in [-0.1, -0.05) is 6.92 Å². The predicted octanol–water partition coefficient (Wildman–Crippen LogP) is 2.00. The number of likely N-dealkylation sites (tertiary alicyclic amines) is 1. The number of unbranched alkanes of at least 4 members (excludes halogenated alkanes) is 1. The molecule has 6 nitrogen and oxygen atoms in total. The summed E-state index contributed by atoms with van der Waals surface area (Å²) in [6.07, 6.45) is 2.36. The summed E-state index contributed by atoms with van der Waals surface area (Å²) in [4.78, 5) is 9.84. The van der Waals surface area contributed by atoms with Gasteiger partial charge < -0.3 is 15.4 Å². The predicted molar refractivity (Wildman–Crippen MR) is 121 cm³/mol. The molecule has 0 aromatic carbocycles. The van der Waals surface area contributed by atoms with E-state index in [0.717, 1.165) is 58.3 Å². The van der Waals surface area contributed by atoms with Crippen molar-refractivity contribution in [3.05, 3.63) is 0 Å². The van der Waals surface area contributed by atoms with Crippen LogP contribution in [0, 0.1) is 5.92 Å². The molecule has 2 N–H and O–H groups in total. The van der Waals surface area contributed by atoms with Crippen LogP contribution in [0.25, 0.3) is 0 Å². The summed E-state index contributed by atoms with van der Waals surface area (Å²) in [6.45, 7) is 18.2. The molecule has 0 aromatic heterocycles. The average Bonchev–Trinajstić information content (AvgIpc) is 2.97. The Kier molecular flexibility index (Phi) is 12.1. The highest BCUT2D eigenvalue weighted by Crippen LogP contribution is 2.18. The van der Waals surface area contributed by atoms with Gasteiger partial charge in [-0.25, -0.2) is 0 Å². The molecule has 2 unspecified atom stereocenters. The largest absolute Gasteiger partial charge is 0.379 e. The first-order chi connectivity index (χ1) is 12.1. The van der Waals surface area contributed by atoms with Gasteiger partial charge in [0.2, 0.25) is 0 Å². The Hall–Kier alpha value is -0.120. The van der Waals surface area contributed by atoms with Crippen LogP contribution in [0.4, 0.5) is 0 Å². The Morgan fingerprint density at radius 3 is 2.54 bits per heavy atom. The zero-order valence-electron chi connectivity index (χ0n) is 17.2. The molecule has 0 spiro atoms. The number of aliphatic imine (C=N–C) groups is 1. The van der Waals surface area contributed by atoms with Crippen LogP contribution in [0.15, 0.2) is 4.99 Å². The molecule has 0 saturated carbocycles. The number of halogens is 1. The van der Waals surface area contributed by atoms with Crippen molar-refractivity contribution in [2.45, 2.75) is 52.6 Å². The number of hydrogen-bond donors (Lipinski definition) is 2. The van der Waals surface area contributed by atoms with Crippen molar-refractivity contribution < 1.29 is 4.74 Å². The van der Waals surface area contributed by atoms with Crippen molar-refractivity contribution in [2.75, 3.05) is 59.0 Å². The maximum absolute atomic E-state index is 5.40. The van der Waals surface area contributed by atoms with Crippen molar-refractivity contribution >= 4 is 29.9 Å². The van der Waals surface area contributed by atoms with Gasteiger partial charge in [0.15, 0.2) is 5.96 Å². The smallest absolute Gasteiger partial charge is 0.191 e. The Morgan fingerprint density at radius 1 is 1.19 bits per heavy atom. The number of morpholine rings is 1. The van der Waals surface area contributed by atoms with Crippen LogP contribution in [0.5, 0.6) is 0 Å². The van der Waals surface area contributed by atoms with Gasteiger partial charge in [0.25, 0.3) is 0 Å². The molecule has 7 heteroatoms. The molecule has 2 fully saturated rings. The van der Waals surface area contributed by atoms with Crippen LogP contribution >= 0.6 is 24.0 Å². The Bertz CT molecular complexity index is 401. The lowest BCUT2D eigenvalue weighted by Crippen LogP contribution is -2.46. The number of ether oxygens (including phenoxy) is 1. The van der Waals surface area contributed by atoms with E-state index in [4.69, 9.17) is 9.73 Å². The van der Waals surface area contributed by atoms with Gasteiger partial charge in [0.05, 0.1) is 13.2 Å². The molecular formula is C19H40IN5O. The summed E-state index contributed by atoms with van der Waals surface area (Å²) in [5, 5.41) is 7.07. The van der Waals surface area contributed by atoms with Gasteiger partial charge in [0.1, 0.15) is 0 Å². The fourth-order valence-electron chi connectivity index (χ4n) is 3.57. The highest BCUT2D eigenvalue weighted by Gasteiger charge is 2.31. The van der Waals surface area contributed by atoms with Crippen molar-refractivity contribution in [2.24, 2.45) is 10.9 Å². The molecular weight excluding hydrogens is 441 g/mol. The summed E-state index contributed by atoms with van der Waals surface area (Å²) >= 11 is 0. The Morgan fingerprint density at radius 2 is 1.92 bits per heavy atom. The normalized spacial score (nSPS) is 25.3. The topological polar surface area (TPSA) is 52.1 Å². The average molecular weight is 481 g/mol. The lowest BCUT2D eigenvalue weighted by molar-refractivity contribution is 0.0373. The Labute approximate surface area is 177 Å². The third-order valence-electron chi connectivity index (χ3n) is 5.29. The fraction of sp³-hybridized carbons (Fsp3) is 0.947. The quantitative estimate of drug-likeness (QED) is 0.241. The third-order valence-corrected chi connectivity index (χ3v) is 5.29. The maximum atomic E-state index is 5.40. The molecule has 0 aromatic rings. The molecule has 2 heterocycles. The van der Waals surface area contributed by atoms with Crippen LogP contribution in [0.1, 0.15) is 40.5 Å². The third kappa shape index (κ3) is 8.27. The van der Waals surface area contributed by atoms with Gasteiger partial charge in [-0.15, -0.1) is 24.0 Å². The zero-order valence-corrected chi connectivity index (χ0v) is 19.5. The lowest BCUT2D eigenvalue weighted by Gasteiger charge is -2.26. The summed E-state index contributed by atoms with van der Waals surface area (Å²) in [5.41, 5.74) is 0. The van der Waals surface area contributed by atoms with Crippen molar-refractivity contribution in [3.63, 3.8) is 0 Å². The molecule has 0 radical (unpaired) electrons. The minimum Gasteiger partial charge on any atom is -0.379 e. The van der Waals surface area contributed by atoms with E-state index in [1.165, 1.54) is 19.5 Å². The van der Waals surface area contributed by atoms with E-state index in [1.54, 1.807) is 0 Å². The van der Waals surface area contributed by atoms with Crippen LogP contribution < -0.4 is 10.6 Å². The Balaban J connectivity index is 0.00000338. The second-order valence-electron chi connectivity index (χ2n) is 7.70.